The van der Waals surface area contributed by atoms with Crippen LogP contribution in [0.25, 0.3) is 0 Å². The van der Waals surface area contributed by atoms with E-state index in [1.54, 1.807) is 11.3 Å². The molecular formula is C19H23N3O2S2. The van der Waals surface area contributed by atoms with Crippen LogP contribution in [0.3, 0.4) is 0 Å². The van der Waals surface area contributed by atoms with E-state index < -0.39 is 0 Å². The van der Waals surface area contributed by atoms with Gasteiger partial charge in [0.25, 0.3) is 5.91 Å². The summed E-state index contributed by atoms with van der Waals surface area (Å²) in [5, 5.41) is 5.65. The van der Waals surface area contributed by atoms with E-state index >= 15 is 0 Å². The molecule has 0 saturated carbocycles. The van der Waals surface area contributed by atoms with Gasteiger partial charge in [-0.25, -0.2) is 4.98 Å². The molecule has 138 valence electrons. The van der Waals surface area contributed by atoms with E-state index in [0.717, 1.165) is 42.2 Å². The Labute approximate surface area is 161 Å². The van der Waals surface area contributed by atoms with Crippen LogP contribution in [0.5, 0.6) is 0 Å². The number of thiazole rings is 1. The van der Waals surface area contributed by atoms with E-state index in [1.165, 1.54) is 41.2 Å². The van der Waals surface area contributed by atoms with Crippen LogP contribution in [0.1, 0.15) is 52.3 Å². The van der Waals surface area contributed by atoms with E-state index in [0.29, 0.717) is 6.54 Å². The summed E-state index contributed by atoms with van der Waals surface area (Å²) in [7, 11) is 0. The van der Waals surface area contributed by atoms with Crippen molar-refractivity contribution in [1.82, 2.24) is 9.88 Å². The normalized spacial score (nSPS) is 20.3. The average molecular weight is 390 g/mol. The standard InChI is InChI=1S/C19H23N3O2S2/c23-17(21-19-20-14-7-2-1-3-8-15(14)26-19)13-6-4-10-22(12-13)18(24)16-9-5-11-25-16/h5,9,11,13H,1-4,6-8,10,12H2,(H,20,21,23). The van der Waals surface area contributed by atoms with Gasteiger partial charge in [-0.15, -0.1) is 22.7 Å². The van der Waals surface area contributed by atoms with E-state index in [4.69, 9.17) is 0 Å². The number of thiophene rings is 1. The fraction of sp³-hybridized carbons (Fsp3) is 0.526. The van der Waals surface area contributed by atoms with Gasteiger partial charge in [0, 0.05) is 18.0 Å². The number of hydrogen-bond acceptors (Lipinski definition) is 5. The fourth-order valence-electron chi connectivity index (χ4n) is 3.72. The van der Waals surface area contributed by atoms with Crippen LogP contribution in [-0.4, -0.2) is 34.8 Å². The maximum Gasteiger partial charge on any atom is 0.263 e. The summed E-state index contributed by atoms with van der Waals surface area (Å²) in [6, 6.07) is 3.73. The van der Waals surface area contributed by atoms with Gasteiger partial charge in [-0.1, -0.05) is 12.5 Å². The summed E-state index contributed by atoms with van der Waals surface area (Å²) in [5.74, 6) is -0.118. The van der Waals surface area contributed by atoms with Crippen molar-refractivity contribution >= 4 is 39.6 Å². The maximum absolute atomic E-state index is 12.7. The summed E-state index contributed by atoms with van der Waals surface area (Å²) in [6.07, 6.45) is 7.46. The Kier molecular flexibility index (Phi) is 5.36. The molecule has 5 nitrogen and oxygen atoms in total. The molecule has 3 heterocycles. The first kappa shape index (κ1) is 17.7. The van der Waals surface area contributed by atoms with Gasteiger partial charge in [-0.2, -0.15) is 0 Å². The second kappa shape index (κ2) is 7.88. The van der Waals surface area contributed by atoms with Crippen molar-refractivity contribution < 1.29 is 9.59 Å². The van der Waals surface area contributed by atoms with Crippen molar-refractivity contribution in [3.8, 4) is 0 Å². The molecule has 0 bridgehead atoms. The lowest BCUT2D eigenvalue weighted by atomic mass is 9.97. The lowest BCUT2D eigenvalue weighted by Crippen LogP contribution is -2.43. The average Bonchev–Trinajstić information content (AvgIpc) is 3.27. The second-order valence-electron chi connectivity index (χ2n) is 7.01. The zero-order valence-electron chi connectivity index (χ0n) is 14.7. The number of hydrogen-bond donors (Lipinski definition) is 1. The van der Waals surface area contributed by atoms with Gasteiger partial charge in [0.15, 0.2) is 5.13 Å². The number of amides is 2. The molecule has 1 fully saturated rings. The lowest BCUT2D eigenvalue weighted by molar-refractivity contribution is -0.121. The predicted molar refractivity (Wildman–Crippen MR) is 105 cm³/mol. The van der Waals surface area contributed by atoms with Gasteiger partial charge >= 0.3 is 0 Å². The molecule has 26 heavy (non-hydrogen) atoms. The second-order valence-corrected chi connectivity index (χ2v) is 9.04. The molecule has 2 amide bonds. The number of anilines is 1. The molecule has 2 aromatic rings. The quantitative estimate of drug-likeness (QED) is 0.808. The van der Waals surface area contributed by atoms with E-state index in [-0.39, 0.29) is 17.7 Å². The summed E-state index contributed by atoms with van der Waals surface area (Å²) in [5.41, 5.74) is 1.17. The number of fused-ring (bicyclic) bond motifs is 1. The number of rotatable bonds is 3. The van der Waals surface area contributed by atoms with Gasteiger partial charge in [0.05, 0.1) is 16.5 Å². The highest BCUT2D eigenvalue weighted by atomic mass is 32.1. The van der Waals surface area contributed by atoms with E-state index in [2.05, 4.69) is 10.3 Å². The highest BCUT2D eigenvalue weighted by molar-refractivity contribution is 7.15. The Hall–Kier alpha value is -1.73. The van der Waals surface area contributed by atoms with Crippen LogP contribution in [0.4, 0.5) is 5.13 Å². The molecule has 1 aliphatic carbocycles. The first-order valence-corrected chi connectivity index (χ1v) is 11.0. The molecule has 2 aliphatic rings. The molecular weight excluding hydrogens is 366 g/mol. The number of likely N-dealkylation sites (tertiary alicyclic amines) is 1. The lowest BCUT2D eigenvalue weighted by Gasteiger charge is -2.31. The Balaban J connectivity index is 1.39. The zero-order chi connectivity index (χ0) is 17.9. The van der Waals surface area contributed by atoms with Gasteiger partial charge in [-0.3, -0.25) is 9.59 Å². The van der Waals surface area contributed by atoms with Crippen LogP contribution in [0.2, 0.25) is 0 Å². The molecule has 1 saturated heterocycles. The Morgan fingerprint density at radius 1 is 1.19 bits per heavy atom. The Bertz CT molecular complexity index is 761. The monoisotopic (exact) mass is 389 g/mol. The third kappa shape index (κ3) is 3.83. The van der Waals surface area contributed by atoms with Crippen LogP contribution < -0.4 is 5.32 Å². The molecule has 1 unspecified atom stereocenters. The van der Waals surface area contributed by atoms with Gasteiger partial charge in [0.1, 0.15) is 0 Å². The third-order valence-electron chi connectivity index (χ3n) is 5.14. The van der Waals surface area contributed by atoms with E-state index in [1.807, 2.05) is 22.4 Å². The molecule has 0 spiro atoms. The van der Waals surface area contributed by atoms with Crippen molar-refractivity contribution in [2.45, 2.75) is 44.9 Å². The Morgan fingerprint density at radius 2 is 2.08 bits per heavy atom. The zero-order valence-corrected chi connectivity index (χ0v) is 16.3. The molecule has 1 N–H and O–H groups in total. The van der Waals surface area contributed by atoms with Crippen molar-refractivity contribution in [2.24, 2.45) is 5.92 Å². The van der Waals surface area contributed by atoms with Gasteiger partial charge in [0.2, 0.25) is 5.91 Å². The number of nitrogens with zero attached hydrogens (tertiary/aromatic N) is 2. The van der Waals surface area contributed by atoms with Crippen LogP contribution in [0.15, 0.2) is 17.5 Å². The smallest absolute Gasteiger partial charge is 0.263 e. The molecule has 2 aromatic heterocycles. The number of carbonyl (C=O) groups is 2. The highest BCUT2D eigenvalue weighted by Crippen LogP contribution is 2.30. The molecule has 1 aliphatic heterocycles. The largest absolute Gasteiger partial charge is 0.337 e. The maximum atomic E-state index is 12.7. The molecule has 7 heteroatoms. The van der Waals surface area contributed by atoms with E-state index in [9.17, 15) is 9.59 Å². The molecule has 1 atom stereocenters. The van der Waals surface area contributed by atoms with Gasteiger partial charge < -0.3 is 10.2 Å². The minimum atomic E-state index is -0.156. The predicted octanol–water partition coefficient (Wildman–Crippen LogP) is 3.96. The summed E-state index contributed by atoms with van der Waals surface area (Å²) >= 11 is 3.08. The van der Waals surface area contributed by atoms with Crippen molar-refractivity contribution in [2.75, 3.05) is 18.4 Å². The number of piperidine rings is 1. The number of carbonyl (C=O) groups excluding carboxylic acids is 2. The van der Waals surface area contributed by atoms with Crippen LogP contribution in [-0.2, 0) is 17.6 Å². The van der Waals surface area contributed by atoms with Crippen molar-refractivity contribution in [3.63, 3.8) is 0 Å². The first-order valence-electron chi connectivity index (χ1n) is 9.33. The van der Waals surface area contributed by atoms with Crippen molar-refractivity contribution in [3.05, 3.63) is 33.0 Å². The number of aromatic nitrogens is 1. The van der Waals surface area contributed by atoms with Gasteiger partial charge in [-0.05, 0) is 50.0 Å². The highest BCUT2D eigenvalue weighted by Gasteiger charge is 2.30. The topological polar surface area (TPSA) is 62.3 Å². The van der Waals surface area contributed by atoms with Crippen LogP contribution >= 0.6 is 22.7 Å². The number of aryl methyl sites for hydroxylation is 2. The Morgan fingerprint density at radius 3 is 2.92 bits per heavy atom. The molecule has 0 radical (unpaired) electrons. The third-order valence-corrected chi connectivity index (χ3v) is 7.07. The molecule has 4 rings (SSSR count). The summed E-state index contributed by atoms with van der Waals surface area (Å²) in [6.45, 7) is 1.22. The minimum Gasteiger partial charge on any atom is -0.337 e. The van der Waals surface area contributed by atoms with Crippen molar-refractivity contribution in [1.29, 1.82) is 0 Å². The number of nitrogens with one attached hydrogen (secondary N) is 1. The first-order chi connectivity index (χ1) is 12.7. The SMILES string of the molecule is O=C(Nc1nc2c(s1)CCCCC2)C1CCCN(C(=O)c2cccs2)C1. The summed E-state index contributed by atoms with van der Waals surface area (Å²) in [4.78, 5) is 33.8. The molecule has 0 aromatic carbocycles. The fourth-order valence-corrected chi connectivity index (χ4v) is 5.46. The van der Waals surface area contributed by atoms with Crippen LogP contribution in [0, 0.1) is 5.92 Å². The minimum absolute atomic E-state index is 0.00223. The summed E-state index contributed by atoms with van der Waals surface area (Å²) < 4.78 is 0.